The van der Waals surface area contributed by atoms with Crippen molar-refractivity contribution in [3.63, 3.8) is 0 Å². The molecule has 0 bridgehead atoms. The molecule has 2 atom stereocenters. The molecule has 2 unspecified atom stereocenters. The van der Waals surface area contributed by atoms with E-state index in [-0.39, 0.29) is 17.9 Å². The minimum Gasteiger partial charge on any atom is -0.469 e. The Bertz CT molecular complexity index is 559. The lowest BCUT2D eigenvalue weighted by atomic mass is 9.90. The molecule has 1 aliphatic rings. The topological polar surface area (TPSA) is 42.2 Å². The van der Waals surface area contributed by atoms with E-state index in [0.29, 0.717) is 6.42 Å². The number of nitrogens with one attached hydrogen (secondary N) is 1. The Balaban J connectivity index is 1.98. The molecule has 0 radical (unpaired) electrons. The molecule has 3 nitrogen and oxygen atoms in total. The van der Waals surface area contributed by atoms with Crippen LogP contribution in [0.5, 0.6) is 0 Å². The van der Waals surface area contributed by atoms with Crippen LogP contribution < -0.4 is 5.32 Å². The van der Waals surface area contributed by atoms with Crippen molar-refractivity contribution < 1.29 is 9.21 Å². The van der Waals surface area contributed by atoms with E-state index in [1.165, 1.54) is 0 Å². The van der Waals surface area contributed by atoms with E-state index in [1.807, 2.05) is 43.3 Å². The van der Waals surface area contributed by atoms with Crippen LogP contribution in [0, 0.1) is 6.92 Å². The van der Waals surface area contributed by atoms with Crippen molar-refractivity contribution in [3.8, 4) is 0 Å². The second-order valence-corrected chi connectivity index (χ2v) is 4.73. The van der Waals surface area contributed by atoms with Crippen LogP contribution >= 0.6 is 0 Å². The number of rotatable bonds is 2. The third-order valence-corrected chi connectivity index (χ3v) is 3.52. The number of amides is 1. The van der Waals surface area contributed by atoms with Gasteiger partial charge in [0.2, 0.25) is 5.91 Å². The molecule has 2 aromatic rings. The summed E-state index contributed by atoms with van der Waals surface area (Å²) in [6.07, 6.45) is 2.18. The zero-order valence-corrected chi connectivity index (χ0v) is 10.2. The number of aryl methyl sites for hydroxylation is 1. The lowest BCUT2D eigenvalue weighted by molar-refractivity contribution is -0.119. The van der Waals surface area contributed by atoms with Gasteiger partial charge in [-0.25, -0.2) is 0 Å². The molecule has 0 spiro atoms. The van der Waals surface area contributed by atoms with E-state index in [4.69, 9.17) is 4.42 Å². The van der Waals surface area contributed by atoms with Crippen LogP contribution in [0.2, 0.25) is 0 Å². The fourth-order valence-electron chi connectivity index (χ4n) is 2.63. The fourth-order valence-corrected chi connectivity index (χ4v) is 2.63. The first-order valence-electron chi connectivity index (χ1n) is 6.14. The SMILES string of the molecule is Cc1ccoc1C1CC(=O)NC1c1ccccc1. The molecule has 1 aromatic carbocycles. The van der Waals surface area contributed by atoms with Crippen LogP contribution in [0.1, 0.15) is 35.3 Å². The van der Waals surface area contributed by atoms with Gasteiger partial charge in [0.05, 0.1) is 18.2 Å². The molecule has 3 rings (SSSR count). The van der Waals surface area contributed by atoms with Crippen LogP contribution in [-0.4, -0.2) is 5.91 Å². The molecular formula is C15H15NO2. The van der Waals surface area contributed by atoms with Crippen LogP contribution in [0.3, 0.4) is 0 Å². The summed E-state index contributed by atoms with van der Waals surface area (Å²) in [5.74, 6) is 1.10. The van der Waals surface area contributed by atoms with E-state index in [2.05, 4.69) is 5.32 Å². The number of hydrogen-bond acceptors (Lipinski definition) is 2. The highest BCUT2D eigenvalue weighted by molar-refractivity contribution is 5.80. The number of hydrogen-bond donors (Lipinski definition) is 1. The van der Waals surface area contributed by atoms with Gasteiger partial charge in [-0.15, -0.1) is 0 Å². The van der Waals surface area contributed by atoms with Crippen LogP contribution in [-0.2, 0) is 4.79 Å². The normalized spacial score (nSPS) is 23.1. The predicted octanol–water partition coefficient (Wildman–Crippen LogP) is 2.93. The smallest absolute Gasteiger partial charge is 0.221 e. The second kappa shape index (κ2) is 4.33. The van der Waals surface area contributed by atoms with Gasteiger partial charge < -0.3 is 9.73 Å². The summed E-state index contributed by atoms with van der Waals surface area (Å²) in [6.45, 7) is 2.02. The Morgan fingerprint density at radius 2 is 2.00 bits per heavy atom. The standard InChI is InChI=1S/C15H15NO2/c1-10-7-8-18-15(10)12-9-13(17)16-14(12)11-5-3-2-4-6-11/h2-8,12,14H,9H2,1H3,(H,16,17). The summed E-state index contributed by atoms with van der Waals surface area (Å²) in [5.41, 5.74) is 2.24. The summed E-state index contributed by atoms with van der Waals surface area (Å²) < 4.78 is 5.56. The van der Waals surface area contributed by atoms with E-state index in [9.17, 15) is 4.79 Å². The average Bonchev–Trinajstić information content (AvgIpc) is 2.96. The van der Waals surface area contributed by atoms with E-state index in [0.717, 1.165) is 16.9 Å². The van der Waals surface area contributed by atoms with E-state index < -0.39 is 0 Å². The molecule has 0 saturated carbocycles. The first kappa shape index (κ1) is 11.1. The first-order valence-corrected chi connectivity index (χ1v) is 6.14. The molecule has 1 aliphatic heterocycles. The third kappa shape index (κ3) is 1.82. The van der Waals surface area contributed by atoms with E-state index >= 15 is 0 Å². The molecular weight excluding hydrogens is 226 g/mol. The molecule has 1 saturated heterocycles. The largest absolute Gasteiger partial charge is 0.469 e. The Hall–Kier alpha value is -2.03. The highest BCUT2D eigenvalue weighted by atomic mass is 16.3. The zero-order valence-electron chi connectivity index (χ0n) is 10.2. The second-order valence-electron chi connectivity index (χ2n) is 4.73. The van der Waals surface area contributed by atoms with Gasteiger partial charge >= 0.3 is 0 Å². The quantitative estimate of drug-likeness (QED) is 0.878. The summed E-state index contributed by atoms with van der Waals surface area (Å²) in [7, 11) is 0. The molecule has 1 N–H and O–H groups in total. The first-order chi connectivity index (χ1) is 8.75. The number of benzene rings is 1. The number of carbonyl (C=O) groups excluding carboxylic acids is 1. The van der Waals surface area contributed by atoms with Crippen molar-refractivity contribution in [3.05, 3.63) is 59.5 Å². The maximum absolute atomic E-state index is 11.7. The summed E-state index contributed by atoms with van der Waals surface area (Å²) >= 11 is 0. The highest BCUT2D eigenvalue weighted by Crippen LogP contribution is 2.39. The number of furan rings is 1. The Morgan fingerprint density at radius 3 is 2.67 bits per heavy atom. The molecule has 18 heavy (non-hydrogen) atoms. The fraction of sp³-hybridized carbons (Fsp3) is 0.267. The molecule has 1 amide bonds. The molecule has 0 aliphatic carbocycles. The van der Waals surface area contributed by atoms with Crippen LogP contribution in [0.4, 0.5) is 0 Å². The van der Waals surface area contributed by atoms with Crippen molar-refractivity contribution in [2.24, 2.45) is 0 Å². The van der Waals surface area contributed by atoms with E-state index in [1.54, 1.807) is 6.26 Å². The van der Waals surface area contributed by atoms with Crippen LogP contribution in [0.25, 0.3) is 0 Å². The minimum atomic E-state index is 0.0172. The van der Waals surface area contributed by atoms with Crippen molar-refractivity contribution >= 4 is 5.91 Å². The van der Waals surface area contributed by atoms with Gasteiger partial charge in [0.1, 0.15) is 5.76 Å². The van der Waals surface area contributed by atoms with Crippen molar-refractivity contribution in [1.82, 2.24) is 5.32 Å². The van der Waals surface area contributed by atoms with Gasteiger partial charge in [-0.3, -0.25) is 4.79 Å². The maximum atomic E-state index is 11.7. The van der Waals surface area contributed by atoms with Crippen LogP contribution in [0.15, 0.2) is 47.1 Å². The monoisotopic (exact) mass is 241 g/mol. The Labute approximate surface area is 106 Å². The summed E-state index contributed by atoms with van der Waals surface area (Å²) in [6, 6.07) is 12.0. The van der Waals surface area contributed by atoms with Crippen molar-refractivity contribution in [2.75, 3.05) is 0 Å². The summed E-state index contributed by atoms with van der Waals surface area (Å²) in [5, 5.41) is 3.04. The van der Waals surface area contributed by atoms with Gasteiger partial charge in [0.25, 0.3) is 0 Å². The lowest BCUT2D eigenvalue weighted by Gasteiger charge is -2.18. The zero-order chi connectivity index (χ0) is 12.5. The molecule has 1 fully saturated rings. The van der Waals surface area contributed by atoms with Gasteiger partial charge in [-0.2, -0.15) is 0 Å². The molecule has 3 heteroatoms. The molecule has 92 valence electrons. The summed E-state index contributed by atoms with van der Waals surface area (Å²) in [4.78, 5) is 11.7. The van der Waals surface area contributed by atoms with Gasteiger partial charge in [0, 0.05) is 6.42 Å². The van der Waals surface area contributed by atoms with Crippen molar-refractivity contribution in [2.45, 2.75) is 25.3 Å². The number of carbonyl (C=O) groups is 1. The van der Waals surface area contributed by atoms with Gasteiger partial charge in [-0.1, -0.05) is 30.3 Å². The van der Waals surface area contributed by atoms with Crippen molar-refractivity contribution in [1.29, 1.82) is 0 Å². The van der Waals surface area contributed by atoms with Gasteiger partial charge in [0.15, 0.2) is 0 Å². The lowest BCUT2D eigenvalue weighted by Crippen LogP contribution is -2.20. The Kier molecular flexibility index (Phi) is 2.67. The minimum absolute atomic E-state index is 0.0172. The third-order valence-electron chi connectivity index (χ3n) is 3.52. The average molecular weight is 241 g/mol. The van der Waals surface area contributed by atoms with Gasteiger partial charge in [-0.05, 0) is 24.1 Å². The molecule has 2 heterocycles. The highest BCUT2D eigenvalue weighted by Gasteiger charge is 2.37. The Morgan fingerprint density at radius 1 is 1.22 bits per heavy atom. The predicted molar refractivity (Wildman–Crippen MR) is 68.1 cm³/mol. The maximum Gasteiger partial charge on any atom is 0.221 e. The molecule has 1 aromatic heterocycles.